The van der Waals surface area contributed by atoms with Gasteiger partial charge in [0.15, 0.2) is 11.6 Å². The maximum atomic E-state index is 13.7. The first-order valence-electron chi connectivity index (χ1n) is 7.93. The van der Waals surface area contributed by atoms with Crippen LogP contribution < -0.4 is 4.90 Å². The molecule has 1 aliphatic heterocycles. The average molecular weight is 358 g/mol. The van der Waals surface area contributed by atoms with Crippen LogP contribution in [0.15, 0.2) is 42.7 Å². The normalized spacial score (nSPS) is 15.1. The molecule has 0 amide bonds. The molecule has 2 heterocycles. The number of fused-ring (bicyclic) bond motifs is 1. The van der Waals surface area contributed by atoms with Gasteiger partial charge in [-0.2, -0.15) is 4.37 Å². The summed E-state index contributed by atoms with van der Waals surface area (Å²) < 4.78 is 31.1. The first-order chi connectivity index (χ1) is 12.1. The molecule has 0 bridgehead atoms. The molecule has 25 heavy (non-hydrogen) atoms. The first-order valence-corrected chi connectivity index (χ1v) is 8.70. The second-order valence-corrected chi connectivity index (χ2v) is 6.86. The van der Waals surface area contributed by atoms with E-state index in [0.29, 0.717) is 12.2 Å². The minimum Gasteiger partial charge on any atom is -0.340 e. The molecule has 0 N–H and O–H groups in total. The van der Waals surface area contributed by atoms with Crippen molar-refractivity contribution in [1.82, 2.24) is 14.3 Å². The largest absolute Gasteiger partial charge is 0.340 e. The van der Waals surface area contributed by atoms with Crippen molar-refractivity contribution in [3.05, 3.63) is 59.9 Å². The molecule has 0 saturated carbocycles. The minimum absolute atomic E-state index is 0.652. The highest BCUT2D eigenvalue weighted by molar-refractivity contribution is 7.09. The molecule has 0 radical (unpaired) electrons. The van der Waals surface area contributed by atoms with Crippen LogP contribution >= 0.6 is 11.5 Å². The van der Waals surface area contributed by atoms with Crippen molar-refractivity contribution in [3.8, 4) is 10.6 Å². The Balaban J connectivity index is 1.79. The smallest absolute Gasteiger partial charge is 0.160 e. The van der Waals surface area contributed by atoms with E-state index in [4.69, 9.17) is 0 Å². The van der Waals surface area contributed by atoms with E-state index >= 15 is 0 Å². The quantitative estimate of drug-likeness (QED) is 0.691. The van der Waals surface area contributed by atoms with Crippen LogP contribution in [0.25, 0.3) is 10.6 Å². The third-order valence-corrected chi connectivity index (χ3v) is 5.05. The van der Waals surface area contributed by atoms with Crippen molar-refractivity contribution in [1.29, 1.82) is 0 Å². The molecule has 7 heteroatoms. The van der Waals surface area contributed by atoms with Gasteiger partial charge in [0.2, 0.25) is 0 Å². The summed E-state index contributed by atoms with van der Waals surface area (Å²) in [5.74, 6) is -1.66. The predicted octanol–water partition coefficient (Wildman–Crippen LogP) is 4.07. The monoisotopic (exact) mass is 358 g/mol. The average Bonchev–Trinajstić information content (AvgIpc) is 3.08. The maximum Gasteiger partial charge on any atom is 0.160 e. The van der Waals surface area contributed by atoms with Gasteiger partial charge in [0.1, 0.15) is 11.3 Å². The van der Waals surface area contributed by atoms with Crippen LogP contribution in [0, 0.1) is 11.6 Å². The molecule has 4 nitrogen and oxygen atoms in total. The Kier molecular flexibility index (Phi) is 4.19. The standard InChI is InChI=1S/C18H16F2N4S/c1-23-6-7-24(14-3-4-15(19)16(20)9-14)17-5-2-12(8-13(17)10-23)18-21-11-22-25-18/h2-5,8-9,11H,6-7,10H2,1H3. The number of aromatic nitrogens is 2. The lowest BCUT2D eigenvalue weighted by atomic mass is 10.1. The van der Waals surface area contributed by atoms with Gasteiger partial charge in [-0.25, -0.2) is 13.8 Å². The van der Waals surface area contributed by atoms with Gasteiger partial charge < -0.3 is 9.80 Å². The highest BCUT2D eigenvalue weighted by Crippen LogP contribution is 2.35. The van der Waals surface area contributed by atoms with E-state index in [-0.39, 0.29) is 0 Å². The van der Waals surface area contributed by atoms with E-state index in [2.05, 4.69) is 27.4 Å². The summed E-state index contributed by atoms with van der Waals surface area (Å²) in [5.41, 5.74) is 3.79. The summed E-state index contributed by atoms with van der Waals surface area (Å²) in [5, 5.41) is 0.870. The fraction of sp³-hybridized carbons (Fsp3) is 0.222. The molecule has 1 aliphatic rings. The molecule has 3 aromatic rings. The maximum absolute atomic E-state index is 13.7. The SMILES string of the molecule is CN1CCN(c2ccc(F)c(F)c2)c2ccc(-c3ncns3)cc2C1. The van der Waals surface area contributed by atoms with Gasteiger partial charge >= 0.3 is 0 Å². The number of anilines is 2. The van der Waals surface area contributed by atoms with E-state index in [0.717, 1.165) is 34.9 Å². The molecule has 4 rings (SSSR count). The number of halogens is 2. The molecule has 0 spiro atoms. The van der Waals surface area contributed by atoms with Crippen molar-refractivity contribution in [2.24, 2.45) is 0 Å². The molecule has 2 aromatic carbocycles. The van der Waals surface area contributed by atoms with Crippen LogP contribution in [0.2, 0.25) is 0 Å². The van der Waals surface area contributed by atoms with Gasteiger partial charge in [-0.15, -0.1) is 0 Å². The van der Waals surface area contributed by atoms with Crippen molar-refractivity contribution >= 4 is 22.9 Å². The number of hydrogen-bond acceptors (Lipinski definition) is 5. The van der Waals surface area contributed by atoms with Crippen molar-refractivity contribution in [2.75, 3.05) is 25.0 Å². The zero-order valence-corrected chi connectivity index (χ0v) is 14.4. The van der Waals surface area contributed by atoms with Gasteiger partial charge in [0.05, 0.1) is 0 Å². The van der Waals surface area contributed by atoms with Gasteiger partial charge in [-0.3, -0.25) is 0 Å². The van der Waals surface area contributed by atoms with Crippen LogP contribution in [0.4, 0.5) is 20.2 Å². The van der Waals surface area contributed by atoms with Crippen molar-refractivity contribution in [3.63, 3.8) is 0 Å². The fourth-order valence-corrected chi connectivity index (χ4v) is 3.61. The molecule has 1 aromatic heterocycles. The van der Waals surface area contributed by atoms with Gasteiger partial charge in [0, 0.05) is 42.6 Å². The van der Waals surface area contributed by atoms with Crippen LogP contribution in [0.1, 0.15) is 5.56 Å². The zero-order valence-electron chi connectivity index (χ0n) is 13.6. The van der Waals surface area contributed by atoms with E-state index in [9.17, 15) is 8.78 Å². The summed E-state index contributed by atoms with van der Waals surface area (Å²) in [6.45, 7) is 2.30. The predicted molar refractivity (Wildman–Crippen MR) is 95.0 cm³/mol. The Morgan fingerprint density at radius 2 is 1.92 bits per heavy atom. The Morgan fingerprint density at radius 1 is 1.04 bits per heavy atom. The lowest BCUT2D eigenvalue weighted by molar-refractivity contribution is 0.343. The highest BCUT2D eigenvalue weighted by atomic mass is 32.1. The number of rotatable bonds is 2. The molecule has 0 saturated heterocycles. The summed E-state index contributed by atoms with van der Waals surface area (Å²) >= 11 is 1.35. The molecule has 0 unspecified atom stereocenters. The Hall–Kier alpha value is -2.38. The topological polar surface area (TPSA) is 32.3 Å². The van der Waals surface area contributed by atoms with Crippen LogP contribution in [-0.4, -0.2) is 34.4 Å². The summed E-state index contributed by atoms with van der Waals surface area (Å²) in [6.07, 6.45) is 1.55. The van der Waals surface area contributed by atoms with Gasteiger partial charge in [0.25, 0.3) is 0 Å². The summed E-state index contributed by atoms with van der Waals surface area (Å²) in [7, 11) is 2.05. The highest BCUT2D eigenvalue weighted by Gasteiger charge is 2.21. The van der Waals surface area contributed by atoms with Crippen molar-refractivity contribution in [2.45, 2.75) is 6.54 Å². The molecule has 0 aliphatic carbocycles. The first kappa shape index (κ1) is 16.1. The van der Waals surface area contributed by atoms with Gasteiger partial charge in [-0.1, -0.05) is 0 Å². The Labute approximate surface area is 148 Å². The Bertz CT molecular complexity index is 898. The third kappa shape index (κ3) is 3.12. The number of benzene rings is 2. The van der Waals surface area contributed by atoms with E-state index in [1.165, 1.54) is 23.7 Å². The number of nitrogens with zero attached hydrogens (tertiary/aromatic N) is 4. The lowest BCUT2D eigenvalue weighted by Gasteiger charge is -2.25. The molecule has 0 fully saturated rings. The molecular weight excluding hydrogens is 342 g/mol. The number of hydrogen-bond donors (Lipinski definition) is 0. The zero-order chi connectivity index (χ0) is 17.4. The fourth-order valence-electron chi connectivity index (χ4n) is 3.09. The summed E-state index contributed by atoms with van der Waals surface area (Å²) in [4.78, 5) is 8.51. The van der Waals surface area contributed by atoms with E-state index < -0.39 is 11.6 Å². The van der Waals surface area contributed by atoms with E-state index in [1.54, 1.807) is 12.4 Å². The van der Waals surface area contributed by atoms with Crippen molar-refractivity contribution < 1.29 is 8.78 Å². The lowest BCUT2D eigenvalue weighted by Crippen LogP contribution is -2.26. The molecule has 0 atom stereocenters. The second kappa shape index (κ2) is 6.50. The van der Waals surface area contributed by atoms with Crippen LogP contribution in [0.3, 0.4) is 0 Å². The summed E-state index contributed by atoms with van der Waals surface area (Å²) in [6, 6.07) is 10.2. The minimum atomic E-state index is -0.831. The number of likely N-dealkylation sites (N-methyl/N-ethyl adjacent to an activating group) is 1. The van der Waals surface area contributed by atoms with Gasteiger partial charge in [-0.05, 0) is 54.5 Å². The molecular formula is C18H16F2N4S. The Morgan fingerprint density at radius 3 is 2.68 bits per heavy atom. The second-order valence-electron chi connectivity index (χ2n) is 6.08. The van der Waals surface area contributed by atoms with Crippen LogP contribution in [-0.2, 0) is 6.54 Å². The molecule has 128 valence electrons. The van der Waals surface area contributed by atoms with E-state index in [1.807, 2.05) is 17.0 Å². The third-order valence-electron chi connectivity index (χ3n) is 4.34. The van der Waals surface area contributed by atoms with Crippen LogP contribution in [0.5, 0.6) is 0 Å².